The van der Waals surface area contributed by atoms with Gasteiger partial charge in [0.25, 0.3) is 0 Å². The third-order valence-electron chi connectivity index (χ3n) is 1.26. The van der Waals surface area contributed by atoms with Crippen molar-refractivity contribution in [3.63, 3.8) is 0 Å². The standard InChI is InChI=1S/C8H12N2O/c1-3-4-9-6-8-5-7(2)10-11-8/h3,5,9H,1,4,6H2,2H3. The van der Waals surface area contributed by atoms with Crippen molar-refractivity contribution in [2.45, 2.75) is 13.5 Å². The second kappa shape index (κ2) is 3.93. The van der Waals surface area contributed by atoms with Gasteiger partial charge in [-0.15, -0.1) is 6.58 Å². The molecule has 0 bridgehead atoms. The van der Waals surface area contributed by atoms with Gasteiger partial charge in [0, 0.05) is 12.6 Å². The SMILES string of the molecule is C=CCNCc1cc(C)no1. The quantitative estimate of drug-likeness (QED) is 0.521. The van der Waals surface area contributed by atoms with Crippen molar-refractivity contribution < 1.29 is 4.52 Å². The molecule has 1 heterocycles. The van der Waals surface area contributed by atoms with Crippen molar-refractivity contribution in [3.8, 4) is 0 Å². The van der Waals surface area contributed by atoms with Crippen molar-refractivity contribution in [2.24, 2.45) is 0 Å². The lowest BCUT2D eigenvalue weighted by molar-refractivity contribution is 0.372. The van der Waals surface area contributed by atoms with Gasteiger partial charge >= 0.3 is 0 Å². The molecule has 0 saturated carbocycles. The number of hydrogen-bond acceptors (Lipinski definition) is 3. The Morgan fingerprint density at radius 2 is 2.64 bits per heavy atom. The molecule has 0 radical (unpaired) electrons. The zero-order valence-electron chi connectivity index (χ0n) is 6.63. The van der Waals surface area contributed by atoms with Crippen molar-refractivity contribution in [1.29, 1.82) is 0 Å². The summed E-state index contributed by atoms with van der Waals surface area (Å²) in [4.78, 5) is 0. The molecule has 3 heteroatoms. The Kier molecular flexibility index (Phi) is 2.86. The Bertz CT molecular complexity index is 230. The van der Waals surface area contributed by atoms with Gasteiger partial charge < -0.3 is 9.84 Å². The molecule has 0 aliphatic heterocycles. The van der Waals surface area contributed by atoms with E-state index in [9.17, 15) is 0 Å². The van der Waals surface area contributed by atoms with E-state index in [1.54, 1.807) is 0 Å². The summed E-state index contributed by atoms with van der Waals surface area (Å²) in [5, 5.41) is 6.87. The summed E-state index contributed by atoms with van der Waals surface area (Å²) in [6.45, 7) is 7.00. The molecule has 60 valence electrons. The lowest BCUT2D eigenvalue weighted by Crippen LogP contribution is -2.11. The molecule has 1 N–H and O–H groups in total. The molecule has 0 spiro atoms. The van der Waals surface area contributed by atoms with Gasteiger partial charge in [0.2, 0.25) is 0 Å². The van der Waals surface area contributed by atoms with Crippen molar-refractivity contribution in [2.75, 3.05) is 6.54 Å². The topological polar surface area (TPSA) is 38.1 Å². The minimum atomic E-state index is 0.715. The summed E-state index contributed by atoms with van der Waals surface area (Å²) in [6.07, 6.45) is 1.81. The largest absolute Gasteiger partial charge is 0.360 e. The molecular formula is C8H12N2O. The second-order valence-electron chi connectivity index (χ2n) is 2.35. The summed E-state index contributed by atoms with van der Waals surface area (Å²) in [7, 11) is 0. The Balaban J connectivity index is 2.32. The average Bonchev–Trinajstić information content (AvgIpc) is 2.37. The van der Waals surface area contributed by atoms with Crippen LogP contribution < -0.4 is 5.32 Å². The predicted molar refractivity (Wildman–Crippen MR) is 43.1 cm³/mol. The minimum Gasteiger partial charge on any atom is -0.360 e. The first-order chi connectivity index (χ1) is 5.33. The van der Waals surface area contributed by atoms with Gasteiger partial charge in [-0.1, -0.05) is 11.2 Å². The number of aromatic nitrogens is 1. The van der Waals surface area contributed by atoms with Gasteiger partial charge in [-0.05, 0) is 6.92 Å². The summed E-state index contributed by atoms with van der Waals surface area (Å²) in [5.41, 5.74) is 0.917. The zero-order chi connectivity index (χ0) is 8.10. The van der Waals surface area contributed by atoms with Crippen LogP contribution in [0.1, 0.15) is 11.5 Å². The summed E-state index contributed by atoms with van der Waals surface area (Å²) in [6, 6.07) is 1.91. The molecule has 0 fully saturated rings. The fourth-order valence-corrected chi connectivity index (χ4v) is 0.797. The highest BCUT2D eigenvalue weighted by atomic mass is 16.5. The molecule has 0 aliphatic carbocycles. The van der Waals surface area contributed by atoms with Crippen molar-refractivity contribution >= 4 is 0 Å². The van der Waals surface area contributed by atoms with E-state index in [1.165, 1.54) is 0 Å². The first-order valence-corrected chi connectivity index (χ1v) is 3.56. The van der Waals surface area contributed by atoms with Gasteiger partial charge in [0.1, 0.15) is 0 Å². The highest BCUT2D eigenvalue weighted by Crippen LogP contribution is 2.00. The number of nitrogens with zero attached hydrogens (tertiary/aromatic N) is 1. The molecule has 0 saturated heterocycles. The fraction of sp³-hybridized carbons (Fsp3) is 0.375. The van der Waals surface area contributed by atoms with Gasteiger partial charge in [0.15, 0.2) is 5.76 Å². The fourth-order valence-electron chi connectivity index (χ4n) is 0.797. The molecular weight excluding hydrogens is 140 g/mol. The van der Waals surface area contributed by atoms with E-state index in [0.717, 1.165) is 18.0 Å². The number of hydrogen-bond donors (Lipinski definition) is 1. The van der Waals surface area contributed by atoms with Crippen LogP contribution in [0.25, 0.3) is 0 Å². The zero-order valence-corrected chi connectivity index (χ0v) is 6.63. The smallest absolute Gasteiger partial charge is 0.150 e. The van der Waals surface area contributed by atoms with Crippen LogP contribution in [0.3, 0.4) is 0 Å². The molecule has 1 rings (SSSR count). The number of nitrogens with one attached hydrogen (secondary N) is 1. The van der Waals surface area contributed by atoms with Crippen LogP contribution in [-0.4, -0.2) is 11.7 Å². The molecule has 0 atom stereocenters. The Morgan fingerprint density at radius 3 is 3.18 bits per heavy atom. The van der Waals surface area contributed by atoms with Crippen molar-refractivity contribution in [1.82, 2.24) is 10.5 Å². The highest BCUT2D eigenvalue weighted by Gasteiger charge is 1.97. The normalized spacial score (nSPS) is 9.91. The average molecular weight is 152 g/mol. The van der Waals surface area contributed by atoms with Gasteiger partial charge in [-0.3, -0.25) is 0 Å². The lowest BCUT2D eigenvalue weighted by atomic mass is 10.4. The molecule has 0 amide bonds. The van der Waals surface area contributed by atoms with E-state index in [4.69, 9.17) is 4.52 Å². The van der Waals surface area contributed by atoms with Crippen LogP contribution in [0.15, 0.2) is 23.2 Å². The Labute approximate surface area is 66.1 Å². The van der Waals surface area contributed by atoms with Crippen LogP contribution in [0.5, 0.6) is 0 Å². The van der Waals surface area contributed by atoms with E-state index in [-0.39, 0.29) is 0 Å². The maximum Gasteiger partial charge on any atom is 0.150 e. The molecule has 3 nitrogen and oxygen atoms in total. The maximum absolute atomic E-state index is 4.96. The third kappa shape index (κ3) is 2.55. The van der Waals surface area contributed by atoms with E-state index in [2.05, 4.69) is 17.1 Å². The van der Waals surface area contributed by atoms with Crippen LogP contribution in [-0.2, 0) is 6.54 Å². The third-order valence-corrected chi connectivity index (χ3v) is 1.26. The summed E-state index contributed by atoms with van der Waals surface area (Å²) >= 11 is 0. The maximum atomic E-state index is 4.96. The van der Waals surface area contributed by atoms with Crippen LogP contribution >= 0.6 is 0 Å². The van der Waals surface area contributed by atoms with E-state index in [0.29, 0.717) is 6.54 Å². The Morgan fingerprint density at radius 1 is 1.82 bits per heavy atom. The molecule has 1 aromatic heterocycles. The van der Waals surface area contributed by atoms with Gasteiger partial charge in [-0.25, -0.2) is 0 Å². The molecule has 11 heavy (non-hydrogen) atoms. The first kappa shape index (κ1) is 8.01. The molecule has 0 aliphatic rings. The highest BCUT2D eigenvalue weighted by molar-refractivity contribution is 5.02. The minimum absolute atomic E-state index is 0.715. The van der Waals surface area contributed by atoms with Crippen LogP contribution in [0.4, 0.5) is 0 Å². The number of aryl methyl sites for hydroxylation is 1. The molecule has 0 aromatic carbocycles. The number of rotatable bonds is 4. The Hall–Kier alpha value is -1.09. The lowest BCUT2D eigenvalue weighted by Gasteiger charge is -1.94. The van der Waals surface area contributed by atoms with Gasteiger partial charge in [-0.2, -0.15) is 0 Å². The predicted octanol–water partition coefficient (Wildman–Crippen LogP) is 1.26. The summed E-state index contributed by atoms with van der Waals surface area (Å²) < 4.78 is 4.96. The van der Waals surface area contributed by atoms with Crippen LogP contribution in [0.2, 0.25) is 0 Å². The second-order valence-corrected chi connectivity index (χ2v) is 2.35. The summed E-state index contributed by atoms with van der Waals surface area (Å²) in [5.74, 6) is 0.865. The molecule has 1 aromatic rings. The first-order valence-electron chi connectivity index (χ1n) is 3.56. The monoisotopic (exact) mass is 152 g/mol. The van der Waals surface area contributed by atoms with Crippen molar-refractivity contribution in [3.05, 3.63) is 30.2 Å². The van der Waals surface area contributed by atoms with E-state index in [1.807, 2.05) is 19.1 Å². The van der Waals surface area contributed by atoms with E-state index >= 15 is 0 Å². The molecule has 0 unspecified atom stereocenters. The van der Waals surface area contributed by atoms with E-state index < -0.39 is 0 Å². The van der Waals surface area contributed by atoms with Crippen LogP contribution in [0, 0.1) is 6.92 Å². The van der Waals surface area contributed by atoms with Gasteiger partial charge in [0.05, 0.1) is 12.2 Å².